The molecule has 0 fully saturated rings. The fourth-order valence-electron chi connectivity index (χ4n) is 1.15. The topological polar surface area (TPSA) is 26.3 Å². The van der Waals surface area contributed by atoms with Gasteiger partial charge in [-0.3, -0.25) is 4.79 Å². The van der Waals surface area contributed by atoms with Crippen molar-refractivity contribution in [2.75, 3.05) is 6.61 Å². The molecule has 0 heterocycles. The van der Waals surface area contributed by atoms with Gasteiger partial charge in [-0.05, 0) is 25.5 Å². The minimum atomic E-state index is 0.160. The van der Waals surface area contributed by atoms with E-state index in [1.54, 1.807) is 0 Å². The van der Waals surface area contributed by atoms with Crippen LogP contribution < -0.4 is 4.74 Å². The number of carbonyl (C=O) groups excluding carboxylic acids is 1. The average molecular weight is 192 g/mol. The largest absolute Gasteiger partial charge is 0.486 e. The fraction of sp³-hybridized carbons (Fsp3) is 0.417. The first kappa shape index (κ1) is 10.8. The van der Waals surface area contributed by atoms with Crippen molar-refractivity contribution in [2.45, 2.75) is 26.7 Å². The second kappa shape index (κ2) is 5.43. The van der Waals surface area contributed by atoms with Crippen LogP contribution in [-0.4, -0.2) is 12.4 Å². The molecule has 0 radical (unpaired) electrons. The van der Waals surface area contributed by atoms with Crippen LogP contribution in [0.5, 0.6) is 5.75 Å². The SMILES string of the molecule is CCCC(=O)COc1ccc(C)cc1. The zero-order chi connectivity index (χ0) is 10.4. The molecule has 0 aliphatic rings. The van der Waals surface area contributed by atoms with Crippen LogP contribution in [0.1, 0.15) is 25.3 Å². The normalized spacial score (nSPS) is 9.86. The number of ketones is 1. The molecule has 0 amide bonds. The maximum absolute atomic E-state index is 11.2. The molecule has 2 nitrogen and oxygen atoms in total. The van der Waals surface area contributed by atoms with Gasteiger partial charge in [0.15, 0.2) is 5.78 Å². The Bertz CT molecular complexity index is 288. The summed E-state index contributed by atoms with van der Waals surface area (Å²) < 4.78 is 5.33. The number of ether oxygens (including phenoxy) is 1. The van der Waals surface area contributed by atoms with Gasteiger partial charge in [-0.1, -0.05) is 24.6 Å². The highest BCUT2D eigenvalue weighted by atomic mass is 16.5. The molecular formula is C12H16O2. The standard InChI is InChI=1S/C12H16O2/c1-3-4-11(13)9-14-12-7-5-10(2)6-8-12/h5-8H,3-4,9H2,1-2H3. The third-order valence-corrected chi connectivity index (χ3v) is 1.95. The third kappa shape index (κ3) is 3.60. The van der Waals surface area contributed by atoms with Gasteiger partial charge in [0.05, 0.1) is 0 Å². The molecule has 0 saturated carbocycles. The number of Topliss-reactive ketones (excluding diaryl/α,β-unsaturated/α-hetero) is 1. The number of benzene rings is 1. The number of hydrogen-bond acceptors (Lipinski definition) is 2. The summed E-state index contributed by atoms with van der Waals surface area (Å²) in [5.41, 5.74) is 1.19. The van der Waals surface area contributed by atoms with Gasteiger partial charge in [-0.15, -0.1) is 0 Å². The summed E-state index contributed by atoms with van der Waals surface area (Å²) in [5.74, 6) is 0.924. The Hall–Kier alpha value is -1.31. The zero-order valence-corrected chi connectivity index (χ0v) is 8.75. The van der Waals surface area contributed by atoms with E-state index in [-0.39, 0.29) is 12.4 Å². The predicted molar refractivity (Wildman–Crippen MR) is 56.6 cm³/mol. The highest BCUT2D eigenvalue weighted by Gasteiger charge is 2.00. The molecule has 0 atom stereocenters. The van der Waals surface area contributed by atoms with Crippen LogP contribution in [0.25, 0.3) is 0 Å². The zero-order valence-electron chi connectivity index (χ0n) is 8.75. The first-order valence-electron chi connectivity index (χ1n) is 4.93. The van der Waals surface area contributed by atoms with Gasteiger partial charge in [0.25, 0.3) is 0 Å². The van der Waals surface area contributed by atoms with Crippen molar-refractivity contribution in [3.63, 3.8) is 0 Å². The molecular weight excluding hydrogens is 176 g/mol. The molecule has 0 N–H and O–H groups in total. The van der Waals surface area contributed by atoms with Crippen LogP contribution in [0.2, 0.25) is 0 Å². The number of carbonyl (C=O) groups is 1. The minimum Gasteiger partial charge on any atom is -0.486 e. The molecule has 0 saturated heterocycles. The van der Waals surface area contributed by atoms with Gasteiger partial charge >= 0.3 is 0 Å². The van der Waals surface area contributed by atoms with Gasteiger partial charge in [0.1, 0.15) is 12.4 Å². The van der Waals surface area contributed by atoms with Crippen molar-refractivity contribution in [1.82, 2.24) is 0 Å². The summed E-state index contributed by atoms with van der Waals surface area (Å²) in [7, 11) is 0. The molecule has 1 aromatic rings. The van der Waals surface area contributed by atoms with E-state index in [2.05, 4.69) is 0 Å². The van der Waals surface area contributed by atoms with Crippen LogP contribution in [0.4, 0.5) is 0 Å². The van der Waals surface area contributed by atoms with Gasteiger partial charge in [-0.2, -0.15) is 0 Å². The van der Waals surface area contributed by atoms with Crippen LogP contribution in [0.3, 0.4) is 0 Å². The molecule has 0 aromatic heterocycles. The Morgan fingerprint density at radius 1 is 1.29 bits per heavy atom. The van der Waals surface area contributed by atoms with Crippen molar-refractivity contribution < 1.29 is 9.53 Å². The molecule has 0 aliphatic carbocycles. The first-order valence-corrected chi connectivity index (χ1v) is 4.93. The Kier molecular flexibility index (Phi) is 4.17. The summed E-state index contributed by atoms with van der Waals surface area (Å²) in [4.78, 5) is 11.2. The lowest BCUT2D eigenvalue weighted by Crippen LogP contribution is -2.10. The van der Waals surface area contributed by atoms with Crippen molar-refractivity contribution >= 4 is 5.78 Å². The van der Waals surface area contributed by atoms with E-state index >= 15 is 0 Å². The molecule has 0 aliphatic heterocycles. The van der Waals surface area contributed by atoms with Crippen molar-refractivity contribution in [3.8, 4) is 5.75 Å². The summed E-state index contributed by atoms with van der Waals surface area (Å²) in [6, 6.07) is 7.71. The summed E-state index contributed by atoms with van der Waals surface area (Å²) >= 11 is 0. The van der Waals surface area contributed by atoms with Crippen LogP contribution in [0.15, 0.2) is 24.3 Å². The molecule has 2 heteroatoms. The van der Waals surface area contributed by atoms with E-state index < -0.39 is 0 Å². The van der Waals surface area contributed by atoms with Gasteiger partial charge in [0.2, 0.25) is 0 Å². The fourth-order valence-corrected chi connectivity index (χ4v) is 1.15. The van der Waals surface area contributed by atoms with Gasteiger partial charge in [-0.25, -0.2) is 0 Å². The maximum Gasteiger partial charge on any atom is 0.170 e. The lowest BCUT2D eigenvalue weighted by atomic mass is 10.2. The average Bonchev–Trinajstić information content (AvgIpc) is 2.17. The lowest BCUT2D eigenvalue weighted by Gasteiger charge is -2.04. The van der Waals surface area contributed by atoms with E-state index in [1.165, 1.54) is 5.56 Å². The highest BCUT2D eigenvalue weighted by Crippen LogP contribution is 2.11. The van der Waals surface area contributed by atoms with Crippen molar-refractivity contribution in [1.29, 1.82) is 0 Å². The van der Waals surface area contributed by atoms with E-state index in [1.807, 2.05) is 38.1 Å². The van der Waals surface area contributed by atoms with Gasteiger partial charge < -0.3 is 4.74 Å². The Balaban J connectivity index is 2.38. The summed E-state index contributed by atoms with van der Waals surface area (Å²) in [6.45, 7) is 4.20. The maximum atomic E-state index is 11.2. The van der Waals surface area contributed by atoms with E-state index in [4.69, 9.17) is 4.74 Å². The van der Waals surface area contributed by atoms with Crippen LogP contribution in [0, 0.1) is 6.92 Å². The Labute approximate surface area is 84.9 Å². The molecule has 76 valence electrons. The molecule has 0 bridgehead atoms. The van der Waals surface area contributed by atoms with E-state index in [0.717, 1.165) is 12.2 Å². The van der Waals surface area contributed by atoms with Crippen molar-refractivity contribution in [3.05, 3.63) is 29.8 Å². The first-order chi connectivity index (χ1) is 6.72. The van der Waals surface area contributed by atoms with Crippen LogP contribution in [-0.2, 0) is 4.79 Å². The second-order valence-corrected chi connectivity index (χ2v) is 3.39. The number of hydrogen-bond donors (Lipinski definition) is 0. The monoisotopic (exact) mass is 192 g/mol. The quantitative estimate of drug-likeness (QED) is 0.717. The highest BCUT2D eigenvalue weighted by molar-refractivity contribution is 5.79. The lowest BCUT2D eigenvalue weighted by molar-refractivity contribution is -0.121. The molecule has 1 aromatic carbocycles. The van der Waals surface area contributed by atoms with E-state index in [0.29, 0.717) is 6.42 Å². The molecule has 0 unspecified atom stereocenters. The Morgan fingerprint density at radius 3 is 2.50 bits per heavy atom. The van der Waals surface area contributed by atoms with E-state index in [9.17, 15) is 4.79 Å². The summed E-state index contributed by atoms with van der Waals surface area (Å²) in [6.07, 6.45) is 1.49. The van der Waals surface area contributed by atoms with Crippen molar-refractivity contribution in [2.24, 2.45) is 0 Å². The third-order valence-electron chi connectivity index (χ3n) is 1.95. The summed E-state index contributed by atoms with van der Waals surface area (Å²) in [5, 5.41) is 0. The minimum absolute atomic E-state index is 0.160. The molecule has 14 heavy (non-hydrogen) atoms. The second-order valence-electron chi connectivity index (χ2n) is 3.39. The Morgan fingerprint density at radius 2 is 1.93 bits per heavy atom. The number of aryl methyl sites for hydroxylation is 1. The molecule has 0 spiro atoms. The number of rotatable bonds is 5. The predicted octanol–water partition coefficient (Wildman–Crippen LogP) is 2.74. The molecule has 1 rings (SSSR count). The van der Waals surface area contributed by atoms with Crippen LogP contribution >= 0.6 is 0 Å². The van der Waals surface area contributed by atoms with Gasteiger partial charge in [0, 0.05) is 6.42 Å². The smallest absolute Gasteiger partial charge is 0.170 e.